The van der Waals surface area contributed by atoms with Crippen LogP contribution in [-0.4, -0.2) is 10.5 Å². The molecule has 118 valence electrons. The van der Waals surface area contributed by atoms with Gasteiger partial charge in [0, 0.05) is 28.0 Å². The molecule has 2 heterocycles. The molecular formula is C18H17ClN2OS. The maximum atomic E-state index is 12.5. The van der Waals surface area contributed by atoms with Crippen molar-refractivity contribution in [3.8, 4) is 0 Å². The summed E-state index contributed by atoms with van der Waals surface area (Å²) in [5.74, 6) is -0.0255. The summed E-state index contributed by atoms with van der Waals surface area (Å²) in [4.78, 5) is 13.7. The van der Waals surface area contributed by atoms with Crippen molar-refractivity contribution in [1.82, 2.24) is 4.57 Å². The van der Waals surface area contributed by atoms with Crippen molar-refractivity contribution in [3.63, 3.8) is 0 Å². The standard InChI is InChI=1S/C18H17ClN2OS/c1-13-6-7-14(19)11-15(13)20-18(22)12-16(17-5-4-10-23-17)21-8-2-3-9-21/h2-11,16H,12H2,1H3,(H,20,22)/t16-/m0/s1. The average Bonchev–Trinajstić information content (AvgIpc) is 3.21. The Kier molecular flexibility index (Phi) is 4.84. The third kappa shape index (κ3) is 3.84. The van der Waals surface area contributed by atoms with E-state index in [4.69, 9.17) is 11.6 Å². The van der Waals surface area contributed by atoms with Gasteiger partial charge in [-0.05, 0) is 48.2 Å². The average molecular weight is 345 g/mol. The third-order valence-corrected chi connectivity index (χ3v) is 4.92. The second-order valence-electron chi connectivity index (χ2n) is 5.37. The van der Waals surface area contributed by atoms with Crippen molar-refractivity contribution in [1.29, 1.82) is 0 Å². The summed E-state index contributed by atoms with van der Waals surface area (Å²) >= 11 is 7.68. The molecule has 0 radical (unpaired) electrons. The predicted octanol–water partition coefficient (Wildman–Crippen LogP) is 5.13. The van der Waals surface area contributed by atoms with Gasteiger partial charge in [-0.25, -0.2) is 0 Å². The summed E-state index contributed by atoms with van der Waals surface area (Å²) in [7, 11) is 0. The summed E-state index contributed by atoms with van der Waals surface area (Å²) in [5, 5.41) is 5.62. The lowest BCUT2D eigenvalue weighted by molar-refractivity contribution is -0.116. The molecule has 1 N–H and O–H groups in total. The van der Waals surface area contributed by atoms with E-state index in [-0.39, 0.29) is 11.9 Å². The first-order chi connectivity index (χ1) is 11.1. The molecule has 0 aliphatic heterocycles. The number of nitrogens with one attached hydrogen (secondary N) is 1. The van der Waals surface area contributed by atoms with E-state index in [0.717, 1.165) is 11.3 Å². The van der Waals surface area contributed by atoms with Crippen LogP contribution < -0.4 is 5.32 Å². The van der Waals surface area contributed by atoms with E-state index in [0.29, 0.717) is 11.4 Å². The van der Waals surface area contributed by atoms with E-state index >= 15 is 0 Å². The number of rotatable bonds is 5. The van der Waals surface area contributed by atoms with Gasteiger partial charge < -0.3 is 9.88 Å². The van der Waals surface area contributed by atoms with Crippen LogP contribution in [0.25, 0.3) is 0 Å². The number of amides is 1. The molecule has 2 aromatic heterocycles. The van der Waals surface area contributed by atoms with Gasteiger partial charge in [0.15, 0.2) is 0 Å². The number of carbonyl (C=O) groups excluding carboxylic acids is 1. The van der Waals surface area contributed by atoms with Gasteiger partial charge in [-0.2, -0.15) is 0 Å². The smallest absolute Gasteiger partial charge is 0.226 e. The Morgan fingerprint density at radius 3 is 2.74 bits per heavy atom. The number of halogens is 1. The highest BCUT2D eigenvalue weighted by Gasteiger charge is 2.18. The molecule has 1 aromatic carbocycles. The van der Waals surface area contributed by atoms with E-state index < -0.39 is 0 Å². The molecular weight excluding hydrogens is 328 g/mol. The molecule has 0 saturated carbocycles. The lowest BCUT2D eigenvalue weighted by Crippen LogP contribution is -2.19. The minimum atomic E-state index is -0.0255. The largest absolute Gasteiger partial charge is 0.346 e. The second-order valence-corrected chi connectivity index (χ2v) is 6.79. The summed E-state index contributed by atoms with van der Waals surface area (Å²) in [6, 6.07) is 13.5. The van der Waals surface area contributed by atoms with Gasteiger partial charge >= 0.3 is 0 Å². The van der Waals surface area contributed by atoms with E-state index in [9.17, 15) is 4.79 Å². The van der Waals surface area contributed by atoms with E-state index in [1.165, 1.54) is 4.88 Å². The lowest BCUT2D eigenvalue weighted by atomic mass is 10.1. The maximum Gasteiger partial charge on any atom is 0.226 e. The number of anilines is 1. The molecule has 5 heteroatoms. The quantitative estimate of drug-likeness (QED) is 0.684. The van der Waals surface area contributed by atoms with Crippen LogP contribution >= 0.6 is 22.9 Å². The van der Waals surface area contributed by atoms with Gasteiger partial charge in [-0.1, -0.05) is 23.7 Å². The van der Waals surface area contributed by atoms with Crippen molar-refractivity contribution in [2.75, 3.05) is 5.32 Å². The van der Waals surface area contributed by atoms with E-state index in [2.05, 4.69) is 16.0 Å². The Morgan fingerprint density at radius 1 is 1.26 bits per heavy atom. The molecule has 1 amide bonds. The summed E-state index contributed by atoms with van der Waals surface area (Å²) in [5.41, 5.74) is 1.76. The number of aromatic nitrogens is 1. The van der Waals surface area contributed by atoms with Crippen LogP contribution in [0.5, 0.6) is 0 Å². The van der Waals surface area contributed by atoms with E-state index in [1.807, 2.05) is 55.0 Å². The zero-order valence-electron chi connectivity index (χ0n) is 12.7. The highest BCUT2D eigenvalue weighted by molar-refractivity contribution is 7.10. The van der Waals surface area contributed by atoms with Crippen LogP contribution in [0.15, 0.2) is 60.2 Å². The molecule has 0 aliphatic carbocycles. The van der Waals surface area contributed by atoms with Gasteiger partial charge in [0.1, 0.15) is 0 Å². The normalized spacial score (nSPS) is 12.1. The Bertz CT molecular complexity index is 747. The number of benzene rings is 1. The molecule has 1 atom stereocenters. The molecule has 0 unspecified atom stereocenters. The Morgan fingerprint density at radius 2 is 2.04 bits per heavy atom. The zero-order chi connectivity index (χ0) is 16.2. The van der Waals surface area contributed by atoms with Gasteiger partial charge in [0.25, 0.3) is 0 Å². The second kappa shape index (κ2) is 7.02. The van der Waals surface area contributed by atoms with Crippen LogP contribution in [-0.2, 0) is 4.79 Å². The first-order valence-corrected chi connectivity index (χ1v) is 8.61. The molecule has 3 aromatic rings. The van der Waals surface area contributed by atoms with Crippen molar-refractivity contribution in [2.45, 2.75) is 19.4 Å². The molecule has 0 bridgehead atoms. The topological polar surface area (TPSA) is 34.0 Å². The molecule has 0 spiro atoms. The van der Waals surface area contributed by atoms with Crippen molar-refractivity contribution >= 4 is 34.5 Å². The van der Waals surface area contributed by atoms with Crippen LogP contribution in [0.4, 0.5) is 5.69 Å². The number of thiophene rings is 1. The Balaban J connectivity index is 1.78. The fourth-order valence-corrected chi connectivity index (χ4v) is 3.50. The first kappa shape index (κ1) is 15.8. The van der Waals surface area contributed by atoms with Gasteiger partial charge in [0.05, 0.1) is 12.5 Å². The molecule has 3 nitrogen and oxygen atoms in total. The fraction of sp³-hybridized carbons (Fsp3) is 0.167. The van der Waals surface area contributed by atoms with Crippen LogP contribution in [0, 0.1) is 6.92 Å². The minimum absolute atomic E-state index is 0.00416. The number of aryl methyl sites for hydroxylation is 1. The van der Waals surface area contributed by atoms with E-state index in [1.54, 1.807) is 17.4 Å². The summed E-state index contributed by atoms with van der Waals surface area (Å²) < 4.78 is 2.07. The lowest BCUT2D eigenvalue weighted by Gasteiger charge is -2.18. The molecule has 0 saturated heterocycles. The number of nitrogens with zero attached hydrogens (tertiary/aromatic N) is 1. The van der Waals surface area contributed by atoms with Crippen LogP contribution in [0.2, 0.25) is 5.02 Å². The minimum Gasteiger partial charge on any atom is -0.346 e. The van der Waals surface area contributed by atoms with Gasteiger partial charge in [-0.3, -0.25) is 4.79 Å². The molecule has 0 fully saturated rings. The van der Waals surface area contributed by atoms with Gasteiger partial charge in [0.2, 0.25) is 5.91 Å². The zero-order valence-corrected chi connectivity index (χ0v) is 14.3. The van der Waals surface area contributed by atoms with Gasteiger partial charge in [-0.15, -0.1) is 11.3 Å². The Labute approximate surface area is 144 Å². The number of carbonyl (C=O) groups is 1. The molecule has 3 rings (SSSR count). The SMILES string of the molecule is Cc1ccc(Cl)cc1NC(=O)C[C@@H](c1cccs1)n1cccc1. The summed E-state index contributed by atoms with van der Waals surface area (Å²) in [6.07, 6.45) is 4.35. The molecule has 0 aliphatic rings. The first-order valence-electron chi connectivity index (χ1n) is 7.35. The number of hydrogen-bond donors (Lipinski definition) is 1. The summed E-state index contributed by atoms with van der Waals surface area (Å²) in [6.45, 7) is 1.95. The van der Waals surface area contributed by atoms with Crippen molar-refractivity contribution in [2.24, 2.45) is 0 Å². The predicted molar refractivity (Wildman–Crippen MR) is 96.3 cm³/mol. The van der Waals surface area contributed by atoms with Crippen molar-refractivity contribution < 1.29 is 4.79 Å². The van der Waals surface area contributed by atoms with Crippen LogP contribution in [0.1, 0.15) is 22.9 Å². The monoisotopic (exact) mass is 344 g/mol. The highest BCUT2D eigenvalue weighted by atomic mass is 35.5. The third-order valence-electron chi connectivity index (χ3n) is 3.71. The molecule has 23 heavy (non-hydrogen) atoms. The fourth-order valence-electron chi connectivity index (χ4n) is 2.50. The maximum absolute atomic E-state index is 12.5. The van der Waals surface area contributed by atoms with Crippen LogP contribution in [0.3, 0.4) is 0 Å². The Hall–Kier alpha value is -2.04. The highest BCUT2D eigenvalue weighted by Crippen LogP contribution is 2.27. The van der Waals surface area contributed by atoms with Crippen molar-refractivity contribution in [3.05, 3.63) is 75.7 Å². The number of hydrogen-bond acceptors (Lipinski definition) is 2.